The van der Waals surface area contributed by atoms with Crippen molar-refractivity contribution in [1.82, 2.24) is 15.4 Å². The van der Waals surface area contributed by atoms with Crippen molar-refractivity contribution in [3.05, 3.63) is 102 Å². The van der Waals surface area contributed by atoms with E-state index in [4.69, 9.17) is 8.94 Å². The molecule has 0 aliphatic heterocycles. The zero-order valence-corrected chi connectivity index (χ0v) is 20.3. The molecule has 6 rings (SSSR count). The Morgan fingerprint density at radius 1 is 0.865 bits per heavy atom. The molecule has 5 aromatic rings. The summed E-state index contributed by atoms with van der Waals surface area (Å²) in [6.45, 7) is 2.04. The molecule has 184 valence electrons. The maximum atomic E-state index is 11.6. The Labute approximate surface area is 213 Å². The van der Waals surface area contributed by atoms with Crippen LogP contribution >= 0.6 is 0 Å². The van der Waals surface area contributed by atoms with Gasteiger partial charge < -0.3 is 14.0 Å². The number of hydrogen-bond donors (Lipinski definition) is 1. The van der Waals surface area contributed by atoms with Crippen LogP contribution in [0.25, 0.3) is 33.9 Å². The summed E-state index contributed by atoms with van der Waals surface area (Å²) in [5, 5.41) is 22.3. The lowest BCUT2D eigenvalue weighted by atomic mass is 9.93. The fourth-order valence-electron chi connectivity index (χ4n) is 4.75. The van der Waals surface area contributed by atoms with E-state index in [1.165, 1.54) is 0 Å². The highest BCUT2D eigenvalue weighted by atomic mass is 16.5. The van der Waals surface area contributed by atoms with Gasteiger partial charge in [-0.1, -0.05) is 78.8 Å². The maximum absolute atomic E-state index is 11.6. The fraction of sp³-hybridized carbons (Fsp3) is 0.200. The molecule has 2 aromatic heterocycles. The first-order valence-corrected chi connectivity index (χ1v) is 12.4. The Morgan fingerprint density at radius 2 is 1.51 bits per heavy atom. The summed E-state index contributed by atoms with van der Waals surface area (Å²) in [4.78, 5) is 11.6. The molecule has 7 nitrogen and oxygen atoms in total. The number of nitrogens with zero attached hydrogens (tertiary/aromatic N) is 3. The van der Waals surface area contributed by atoms with Crippen LogP contribution in [0.2, 0.25) is 0 Å². The lowest BCUT2D eigenvalue weighted by Gasteiger charge is -2.11. The van der Waals surface area contributed by atoms with Crippen molar-refractivity contribution < 1.29 is 18.8 Å². The minimum atomic E-state index is -0.740. The van der Waals surface area contributed by atoms with Gasteiger partial charge in [0.15, 0.2) is 5.76 Å². The summed E-state index contributed by atoms with van der Waals surface area (Å²) in [7, 11) is 0. The summed E-state index contributed by atoms with van der Waals surface area (Å²) in [5.41, 5.74) is 5.83. The molecule has 0 spiro atoms. The summed E-state index contributed by atoms with van der Waals surface area (Å²) in [6.07, 6.45) is 2.55. The molecule has 0 bridgehead atoms. The maximum Gasteiger partial charge on any atom is 0.314 e. The number of carbonyl (C=O) groups is 1. The Morgan fingerprint density at radius 3 is 2.14 bits per heavy atom. The van der Waals surface area contributed by atoms with Gasteiger partial charge in [-0.3, -0.25) is 4.79 Å². The predicted octanol–water partition coefficient (Wildman–Crippen LogP) is 6.33. The number of aromatic nitrogens is 3. The van der Waals surface area contributed by atoms with E-state index >= 15 is 0 Å². The second-order valence-corrected chi connectivity index (χ2v) is 9.38. The fourth-order valence-corrected chi connectivity index (χ4v) is 4.75. The number of carboxylic acid groups (broad SMARTS) is 1. The molecule has 0 amide bonds. The summed E-state index contributed by atoms with van der Waals surface area (Å²) >= 11 is 0. The predicted molar refractivity (Wildman–Crippen MR) is 138 cm³/mol. The molecule has 0 saturated heterocycles. The van der Waals surface area contributed by atoms with Crippen molar-refractivity contribution in [2.75, 3.05) is 0 Å². The number of rotatable bonds is 8. The van der Waals surface area contributed by atoms with Crippen LogP contribution < -0.4 is 0 Å². The third-order valence-electron chi connectivity index (χ3n) is 7.10. The van der Waals surface area contributed by atoms with E-state index in [9.17, 15) is 9.90 Å². The highest BCUT2D eigenvalue weighted by Gasteiger charge is 2.51. The molecule has 3 aromatic carbocycles. The van der Waals surface area contributed by atoms with Crippen molar-refractivity contribution >= 4 is 5.97 Å². The van der Waals surface area contributed by atoms with Crippen molar-refractivity contribution in [3.63, 3.8) is 0 Å². The van der Waals surface area contributed by atoms with Gasteiger partial charge in [-0.2, -0.15) is 0 Å². The van der Waals surface area contributed by atoms with E-state index < -0.39 is 11.4 Å². The van der Waals surface area contributed by atoms with Gasteiger partial charge in [0.25, 0.3) is 0 Å². The molecule has 37 heavy (non-hydrogen) atoms. The standard InChI is InChI=1S/C30H25N3O4/c1-2-25-24(18-26-31-32-28(36-26)22-6-4-3-5-7-22)27(37-33-25)21-10-8-19(9-11-21)20-12-14-23(15-13-20)30(16-17-30)29(34)35/h3-15H,2,16-18H2,1H3,(H,34,35). The number of aliphatic carboxylic acids is 1. The molecule has 1 saturated carbocycles. The van der Waals surface area contributed by atoms with Gasteiger partial charge >= 0.3 is 5.97 Å². The molecular weight excluding hydrogens is 466 g/mol. The molecule has 1 fully saturated rings. The monoisotopic (exact) mass is 491 g/mol. The molecule has 0 unspecified atom stereocenters. The van der Waals surface area contributed by atoms with Crippen LogP contribution in [0.4, 0.5) is 0 Å². The van der Waals surface area contributed by atoms with Crippen LogP contribution in [-0.4, -0.2) is 26.4 Å². The first-order valence-electron chi connectivity index (χ1n) is 12.4. The molecule has 0 atom stereocenters. The first-order chi connectivity index (χ1) is 18.1. The van der Waals surface area contributed by atoms with Crippen LogP contribution in [0, 0.1) is 0 Å². The summed E-state index contributed by atoms with van der Waals surface area (Å²) < 4.78 is 11.7. The molecule has 7 heteroatoms. The molecule has 0 radical (unpaired) electrons. The van der Waals surface area contributed by atoms with Gasteiger partial charge in [0, 0.05) is 16.7 Å². The van der Waals surface area contributed by atoms with Gasteiger partial charge in [0.2, 0.25) is 11.8 Å². The normalized spacial score (nSPS) is 14.0. The first kappa shape index (κ1) is 22.9. The third-order valence-corrected chi connectivity index (χ3v) is 7.10. The Bertz CT molecular complexity index is 1550. The molecular formula is C30H25N3O4. The second kappa shape index (κ2) is 9.17. The van der Waals surface area contributed by atoms with Gasteiger partial charge in [-0.15, -0.1) is 10.2 Å². The topological polar surface area (TPSA) is 102 Å². The number of hydrogen-bond acceptors (Lipinski definition) is 6. The molecule has 1 aliphatic carbocycles. The third kappa shape index (κ3) is 4.22. The van der Waals surface area contributed by atoms with Crippen molar-refractivity contribution in [2.45, 2.75) is 38.0 Å². The molecule has 2 heterocycles. The van der Waals surface area contributed by atoms with E-state index in [-0.39, 0.29) is 0 Å². The summed E-state index contributed by atoms with van der Waals surface area (Å²) in [5.74, 6) is 0.938. The van der Waals surface area contributed by atoms with Crippen LogP contribution in [0.15, 0.2) is 87.8 Å². The van der Waals surface area contributed by atoms with E-state index in [1.54, 1.807) is 0 Å². The van der Waals surface area contributed by atoms with Gasteiger partial charge in [-0.05, 0) is 48.1 Å². The van der Waals surface area contributed by atoms with Gasteiger partial charge in [0.05, 0.1) is 17.5 Å². The van der Waals surface area contributed by atoms with Crippen LogP contribution in [0.5, 0.6) is 0 Å². The van der Waals surface area contributed by atoms with E-state index in [1.807, 2.05) is 85.8 Å². The van der Waals surface area contributed by atoms with E-state index in [0.29, 0.717) is 36.8 Å². The minimum Gasteiger partial charge on any atom is -0.481 e. The van der Waals surface area contributed by atoms with Crippen molar-refractivity contribution in [1.29, 1.82) is 0 Å². The Kier molecular flexibility index (Phi) is 5.68. The zero-order chi connectivity index (χ0) is 25.4. The quantitative estimate of drug-likeness (QED) is 0.271. The van der Waals surface area contributed by atoms with Gasteiger partial charge in [0.1, 0.15) is 0 Å². The van der Waals surface area contributed by atoms with E-state index in [2.05, 4.69) is 15.4 Å². The Balaban J connectivity index is 1.24. The average molecular weight is 492 g/mol. The summed E-state index contributed by atoms with van der Waals surface area (Å²) in [6, 6.07) is 25.6. The zero-order valence-electron chi connectivity index (χ0n) is 20.3. The van der Waals surface area contributed by atoms with E-state index in [0.717, 1.165) is 45.5 Å². The number of benzene rings is 3. The Hall–Kier alpha value is -4.52. The van der Waals surface area contributed by atoms with Crippen LogP contribution in [0.1, 0.15) is 42.5 Å². The number of carboxylic acids is 1. The molecule has 1 aliphatic rings. The smallest absolute Gasteiger partial charge is 0.314 e. The largest absolute Gasteiger partial charge is 0.481 e. The highest BCUT2D eigenvalue weighted by molar-refractivity contribution is 5.85. The highest BCUT2D eigenvalue weighted by Crippen LogP contribution is 2.48. The van der Waals surface area contributed by atoms with Crippen LogP contribution in [-0.2, 0) is 23.1 Å². The SMILES string of the molecule is CCc1noc(-c2ccc(-c3ccc(C4(C(=O)O)CC4)cc3)cc2)c1Cc1nnc(-c2ccccc2)o1. The minimum absolute atomic E-state index is 0.427. The number of aryl methyl sites for hydroxylation is 1. The second-order valence-electron chi connectivity index (χ2n) is 9.38. The lowest BCUT2D eigenvalue weighted by Crippen LogP contribution is -2.19. The van der Waals surface area contributed by atoms with Gasteiger partial charge in [-0.25, -0.2) is 0 Å². The van der Waals surface area contributed by atoms with Crippen molar-refractivity contribution in [3.8, 4) is 33.9 Å². The van der Waals surface area contributed by atoms with Crippen molar-refractivity contribution in [2.24, 2.45) is 0 Å². The lowest BCUT2D eigenvalue weighted by molar-refractivity contribution is -0.140. The van der Waals surface area contributed by atoms with Crippen LogP contribution in [0.3, 0.4) is 0 Å². The average Bonchev–Trinajstić information content (AvgIpc) is 3.47. The molecule has 1 N–H and O–H groups in total.